The van der Waals surface area contributed by atoms with E-state index in [1.165, 1.54) is 60.7 Å². The quantitative estimate of drug-likeness (QED) is 0.361. The summed E-state index contributed by atoms with van der Waals surface area (Å²) in [5.74, 6) is -0.851. The highest BCUT2D eigenvalue weighted by atomic mass is 32.2. The van der Waals surface area contributed by atoms with E-state index in [0.29, 0.717) is 22.6 Å². The summed E-state index contributed by atoms with van der Waals surface area (Å²) in [6.45, 7) is 3.49. The van der Waals surface area contributed by atoms with Gasteiger partial charge in [-0.15, -0.1) is 0 Å². The molecule has 1 aromatic heterocycles. The minimum absolute atomic E-state index is 0.00714. The van der Waals surface area contributed by atoms with E-state index < -0.39 is 15.9 Å². The fraction of sp³-hybridized carbons (Fsp3) is 0.0909. The van der Waals surface area contributed by atoms with Gasteiger partial charge in [0.05, 0.1) is 4.90 Å². The Labute approximate surface area is 196 Å². The number of halogens is 1. The fourth-order valence-corrected chi connectivity index (χ4v) is 3.89. The maximum atomic E-state index is 12.9. The summed E-state index contributed by atoms with van der Waals surface area (Å²) in [5, 5.41) is 5.30. The maximum Gasteiger partial charge on any atom is 0.264 e. The topological polar surface area (TPSA) is 113 Å². The molecule has 170 valence electrons. The molecule has 0 unspecified atom stereocenters. The average Bonchev–Trinajstić information content (AvgIpc) is 2.72. The lowest BCUT2D eigenvalue weighted by atomic mass is 10.2. The number of rotatable bonds is 6. The zero-order chi connectivity index (χ0) is 24.0. The van der Waals surface area contributed by atoms with E-state index in [-0.39, 0.29) is 21.8 Å². The summed E-state index contributed by atoms with van der Waals surface area (Å²) in [6, 6.07) is 13.2. The van der Waals surface area contributed by atoms with Gasteiger partial charge >= 0.3 is 0 Å². The van der Waals surface area contributed by atoms with Crippen LogP contribution in [0.4, 0.5) is 16.0 Å². The fourth-order valence-electron chi connectivity index (χ4n) is 2.73. The summed E-state index contributed by atoms with van der Waals surface area (Å²) in [4.78, 5) is 20.1. The number of hydrogen-bond acceptors (Lipinski definition) is 6. The molecule has 0 saturated carbocycles. The molecule has 0 atom stereocenters. The van der Waals surface area contributed by atoms with Crippen LogP contribution in [0.5, 0.6) is 0 Å². The molecule has 0 aliphatic rings. The largest absolute Gasteiger partial charge is 0.332 e. The molecule has 1 amide bonds. The Balaban J connectivity index is 1.58. The Morgan fingerprint density at radius 1 is 1.00 bits per heavy atom. The molecule has 0 aliphatic heterocycles. The summed E-state index contributed by atoms with van der Waals surface area (Å²) < 4.78 is 40.4. The van der Waals surface area contributed by atoms with Crippen LogP contribution in [0.15, 0.2) is 65.6 Å². The molecule has 0 spiro atoms. The third kappa shape index (κ3) is 7.16. The number of aromatic nitrogens is 2. The first kappa shape index (κ1) is 24.0. The normalized spacial score (nSPS) is 11.2. The Morgan fingerprint density at radius 2 is 1.61 bits per heavy atom. The first-order valence-corrected chi connectivity index (χ1v) is 11.5. The Hall–Kier alpha value is -3.70. The lowest BCUT2D eigenvalue weighted by molar-refractivity contribution is -0.115. The van der Waals surface area contributed by atoms with Crippen molar-refractivity contribution in [3.63, 3.8) is 0 Å². The molecule has 0 radical (unpaired) electrons. The van der Waals surface area contributed by atoms with Gasteiger partial charge in [-0.25, -0.2) is 27.5 Å². The van der Waals surface area contributed by atoms with E-state index in [9.17, 15) is 17.6 Å². The van der Waals surface area contributed by atoms with Gasteiger partial charge in [0.1, 0.15) is 5.82 Å². The van der Waals surface area contributed by atoms with Crippen molar-refractivity contribution in [2.75, 3.05) is 10.0 Å². The van der Waals surface area contributed by atoms with Crippen LogP contribution in [0.25, 0.3) is 6.08 Å². The minimum atomic E-state index is -3.89. The molecular formula is C22H20FN5O3S2. The van der Waals surface area contributed by atoms with E-state index in [0.717, 1.165) is 0 Å². The Kier molecular flexibility index (Phi) is 7.46. The molecule has 1 heterocycles. The van der Waals surface area contributed by atoms with Crippen LogP contribution in [-0.4, -0.2) is 29.4 Å². The van der Waals surface area contributed by atoms with Crippen molar-refractivity contribution in [1.82, 2.24) is 15.3 Å². The number of thiocarbonyl (C=S) groups is 1. The van der Waals surface area contributed by atoms with Gasteiger partial charge in [-0.1, -0.05) is 12.1 Å². The first-order valence-electron chi connectivity index (χ1n) is 9.61. The van der Waals surface area contributed by atoms with Gasteiger partial charge in [0.15, 0.2) is 5.11 Å². The second-order valence-corrected chi connectivity index (χ2v) is 9.02. The van der Waals surface area contributed by atoms with Crippen molar-refractivity contribution < 1.29 is 17.6 Å². The van der Waals surface area contributed by atoms with E-state index in [1.54, 1.807) is 19.9 Å². The Bertz CT molecular complexity index is 1290. The number of sulfonamides is 1. The van der Waals surface area contributed by atoms with Crippen molar-refractivity contribution in [2.24, 2.45) is 0 Å². The molecular weight excluding hydrogens is 465 g/mol. The third-order valence-corrected chi connectivity index (χ3v) is 5.71. The van der Waals surface area contributed by atoms with Crippen molar-refractivity contribution >= 4 is 51.0 Å². The van der Waals surface area contributed by atoms with E-state index in [4.69, 9.17) is 12.2 Å². The SMILES string of the molecule is Cc1cc(C)nc(NS(=O)(=O)c2ccc(NC(=S)NC(=O)/C=C/c3ccc(F)cc3)cc2)n1. The number of anilines is 2. The van der Waals surface area contributed by atoms with Gasteiger partial charge in [-0.3, -0.25) is 10.1 Å². The number of aryl methyl sites for hydroxylation is 2. The second-order valence-electron chi connectivity index (χ2n) is 6.93. The van der Waals surface area contributed by atoms with Crippen molar-refractivity contribution in [3.05, 3.63) is 83.4 Å². The predicted octanol–water partition coefficient (Wildman–Crippen LogP) is 3.56. The van der Waals surface area contributed by atoms with Gasteiger partial charge in [0.25, 0.3) is 10.0 Å². The van der Waals surface area contributed by atoms with Crippen molar-refractivity contribution in [1.29, 1.82) is 0 Å². The van der Waals surface area contributed by atoms with E-state index in [1.807, 2.05) is 0 Å². The van der Waals surface area contributed by atoms with Crippen LogP contribution in [0.1, 0.15) is 17.0 Å². The van der Waals surface area contributed by atoms with Crippen molar-refractivity contribution in [3.8, 4) is 0 Å². The number of nitrogens with one attached hydrogen (secondary N) is 3. The number of hydrogen-bond donors (Lipinski definition) is 3. The standard InChI is InChI=1S/C22H20FN5O3S2/c1-14-13-15(2)25-21(24-14)28-33(30,31)19-10-8-18(9-11-19)26-22(32)27-20(29)12-5-16-3-6-17(23)7-4-16/h3-13H,1-2H3,(H,24,25,28)(H2,26,27,29,32)/b12-5+. The van der Waals surface area contributed by atoms with Crippen LogP contribution >= 0.6 is 12.2 Å². The molecule has 0 aliphatic carbocycles. The molecule has 0 bridgehead atoms. The van der Waals surface area contributed by atoms with Crippen molar-refractivity contribution in [2.45, 2.75) is 18.7 Å². The highest BCUT2D eigenvalue weighted by Gasteiger charge is 2.16. The van der Waals surface area contributed by atoms with E-state index in [2.05, 4.69) is 25.3 Å². The molecule has 3 rings (SSSR count). The molecule has 2 aromatic carbocycles. The number of carbonyl (C=O) groups is 1. The summed E-state index contributed by atoms with van der Waals surface area (Å²) in [7, 11) is -3.89. The molecule has 0 saturated heterocycles. The number of carbonyl (C=O) groups excluding carboxylic acids is 1. The third-order valence-electron chi connectivity index (χ3n) is 4.16. The Morgan fingerprint density at radius 3 is 2.21 bits per heavy atom. The number of nitrogens with zero attached hydrogens (tertiary/aromatic N) is 2. The molecule has 3 aromatic rings. The maximum absolute atomic E-state index is 12.9. The number of amides is 1. The lowest BCUT2D eigenvalue weighted by Crippen LogP contribution is -2.32. The lowest BCUT2D eigenvalue weighted by Gasteiger charge is -2.10. The zero-order valence-corrected chi connectivity index (χ0v) is 19.3. The summed E-state index contributed by atoms with van der Waals surface area (Å²) in [6.07, 6.45) is 2.78. The summed E-state index contributed by atoms with van der Waals surface area (Å²) in [5.41, 5.74) is 2.41. The van der Waals surface area contributed by atoms with Crippen LogP contribution in [0.2, 0.25) is 0 Å². The van der Waals surface area contributed by atoms with Gasteiger partial charge in [-0.05, 0) is 80.2 Å². The van der Waals surface area contributed by atoms with Crippen LogP contribution in [-0.2, 0) is 14.8 Å². The highest BCUT2D eigenvalue weighted by molar-refractivity contribution is 7.92. The van der Waals surface area contributed by atoms with Crippen LogP contribution in [0, 0.1) is 19.7 Å². The first-order chi connectivity index (χ1) is 15.6. The average molecular weight is 486 g/mol. The molecule has 8 nitrogen and oxygen atoms in total. The highest BCUT2D eigenvalue weighted by Crippen LogP contribution is 2.17. The van der Waals surface area contributed by atoms with E-state index >= 15 is 0 Å². The van der Waals surface area contributed by atoms with Gasteiger partial charge in [0, 0.05) is 23.2 Å². The molecule has 0 fully saturated rings. The van der Waals surface area contributed by atoms with Crippen LogP contribution < -0.4 is 15.4 Å². The smallest absolute Gasteiger partial charge is 0.264 e. The monoisotopic (exact) mass is 485 g/mol. The number of benzene rings is 2. The predicted molar refractivity (Wildman–Crippen MR) is 129 cm³/mol. The van der Waals surface area contributed by atoms with Gasteiger partial charge < -0.3 is 5.32 Å². The minimum Gasteiger partial charge on any atom is -0.332 e. The van der Waals surface area contributed by atoms with Gasteiger partial charge in [0.2, 0.25) is 11.9 Å². The van der Waals surface area contributed by atoms with Gasteiger partial charge in [-0.2, -0.15) is 0 Å². The molecule has 33 heavy (non-hydrogen) atoms. The second kappa shape index (κ2) is 10.3. The summed E-state index contributed by atoms with van der Waals surface area (Å²) >= 11 is 5.10. The van der Waals surface area contributed by atoms with Crippen LogP contribution in [0.3, 0.4) is 0 Å². The molecule has 11 heteroatoms. The zero-order valence-electron chi connectivity index (χ0n) is 17.7. The molecule has 3 N–H and O–H groups in total.